The van der Waals surface area contributed by atoms with Crippen LogP contribution in [0.2, 0.25) is 0 Å². The Morgan fingerprint density at radius 2 is 2.07 bits per heavy atom. The van der Waals surface area contributed by atoms with Crippen LogP contribution in [0.3, 0.4) is 0 Å². The summed E-state index contributed by atoms with van der Waals surface area (Å²) in [6.07, 6.45) is 7.28. The Morgan fingerprint density at radius 1 is 1.21 bits per heavy atom. The Balaban J connectivity index is 2.29. The number of hydrogen-bond acceptors (Lipinski definition) is 0. The van der Waals surface area contributed by atoms with Crippen molar-refractivity contribution in [1.29, 1.82) is 0 Å². The van der Waals surface area contributed by atoms with E-state index in [1.54, 1.807) is 11.1 Å². The normalized spacial score (nSPS) is 14.0. The van der Waals surface area contributed by atoms with Crippen molar-refractivity contribution in [1.82, 2.24) is 0 Å². The summed E-state index contributed by atoms with van der Waals surface area (Å²) in [5.74, 6) is 0. The summed E-state index contributed by atoms with van der Waals surface area (Å²) in [7, 11) is 0. The third kappa shape index (κ3) is 1.61. The van der Waals surface area contributed by atoms with Crippen molar-refractivity contribution in [3.63, 3.8) is 0 Å². The number of hydrogen-bond donors (Lipinski definition) is 0. The van der Waals surface area contributed by atoms with Gasteiger partial charge in [-0.3, -0.25) is 0 Å². The molecule has 0 aliphatic heterocycles. The van der Waals surface area contributed by atoms with E-state index in [-0.39, 0.29) is 0 Å². The van der Waals surface area contributed by atoms with E-state index in [1.165, 1.54) is 30.4 Å². The van der Waals surface area contributed by atoms with E-state index in [2.05, 4.69) is 38.1 Å². The molecule has 0 N–H and O–H groups in total. The quantitative estimate of drug-likeness (QED) is 0.669. The second-order valence-electron chi connectivity index (χ2n) is 4.07. The fraction of sp³-hybridized carbons (Fsp3) is 0.429. The van der Waals surface area contributed by atoms with Crippen molar-refractivity contribution in [2.75, 3.05) is 0 Å². The molecule has 14 heavy (non-hydrogen) atoms. The number of rotatable bonds is 3. The molecule has 1 aromatic carbocycles. The zero-order chi connectivity index (χ0) is 9.97. The fourth-order valence-electron chi connectivity index (χ4n) is 2.32. The van der Waals surface area contributed by atoms with Crippen LogP contribution in [-0.2, 0) is 12.8 Å². The molecule has 0 saturated heterocycles. The third-order valence-corrected chi connectivity index (χ3v) is 3.02. The Labute approximate surface area is 86.7 Å². The van der Waals surface area contributed by atoms with Crippen molar-refractivity contribution < 1.29 is 0 Å². The standard InChI is InChI=1S/C14H18/c1-3-6-11-9-13-8-5-7-12(4-2)14(13)10-11/h5,7-9H,3-4,6,10H2,1-2H3. The first-order chi connectivity index (χ1) is 6.85. The lowest BCUT2D eigenvalue weighted by Crippen LogP contribution is -1.92. The highest BCUT2D eigenvalue weighted by Gasteiger charge is 2.13. The predicted molar refractivity (Wildman–Crippen MR) is 62.4 cm³/mol. The van der Waals surface area contributed by atoms with Crippen LogP contribution in [0.4, 0.5) is 0 Å². The van der Waals surface area contributed by atoms with Crippen molar-refractivity contribution in [3.8, 4) is 0 Å². The third-order valence-electron chi connectivity index (χ3n) is 3.02. The van der Waals surface area contributed by atoms with Crippen LogP contribution in [0.5, 0.6) is 0 Å². The molecule has 0 nitrogen and oxygen atoms in total. The second-order valence-corrected chi connectivity index (χ2v) is 4.07. The van der Waals surface area contributed by atoms with Gasteiger partial charge in [0.1, 0.15) is 0 Å². The molecular formula is C14H18. The Morgan fingerprint density at radius 3 is 2.79 bits per heavy atom. The van der Waals surface area contributed by atoms with E-state index >= 15 is 0 Å². The van der Waals surface area contributed by atoms with Gasteiger partial charge in [-0.15, -0.1) is 0 Å². The molecule has 0 amide bonds. The molecule has 0 heteroatoms. The van der Waals surface area contributed by atoms with Crippen LogP contribution in [0, 0.1) is 0 Å². The maximum atomic E-state index is 2.39. The summed E-state index contributed by atoms with van der Waals surface area (Å²) in [6, 6.07) is 6.70. The summed E-state index contributed by atoms with van der Waals surface area (Å²) in [6.45, 7) is 4.50. The molecule has 1 aliphatic carbocycles. The largest absolute Gasteiger partial charge is 0.0652 e. The van der Waals surface area contributed by atoms with Gasteiger partial charge in [0.25, 0.3) is 0 Å². The summed E-state index contributed by atoms with van der Waals surface area (Å²) >= 11 is 0. The average molecular weight is 186 g/mol. The van der Waals surface area contributed by atoms with Gasteiger partial charge in [0.2, 0.25) is 0 Å². The molecule has 0 fully saturated rings. The van der Waals surface area contributed by atoms with Gasteiger partial charge in [0.15, 0.2) is 0 Å². The van der Waals surface area contributed by atoms with Crippen LogP contribution in [0.15, 0.2) is 23.8 Å². The summed E-state index contributed by atoms with van der Waals surface area (Å²) in [5, 5.41) is 0. The van der Waals surface area contributed by atoms with E-state index < -0.39 is 0 Å². The molecule has 0 atom stereocenters. The van der Waals surface area contributed by atoms with Crippen molar-refractivity contribution >= 4 is 6.08 Å². The lowest BCUT2D eigenvalue weighted by molar-refractivity contribution is 0.882. The zero-order valence-electron chi connectivity index (χ0n) is 9.14. The first-order valence-corrected chi connectivity index (χ1v) is 5.65. The van der Waals surface area contributed by atoms with E-state index in [1.807, 2.05) is 0 Å². The van der Waals surface area contributed by atoms with Gasteiger partial charge in [-0.25, -0.2) is 0 Å². The summed E-state index contributed by atoms with van der Waals surface area (Å²) in [4.78, 5) is 0. The van der Waals surface area contributed by atoms with Crippen molar-refractivity contribution in [3.05, 3.63) is 40.5 Å². The van der Waals surface area contributed by atoms with Gasteiger partial charge in [-0.1, -0.05) is 50.1 Å². The summed E-state index contributed by atoms with van der Waals surface area (Å²) in [5.41, 5.74) is 6.19. The highest BCUT2D eigenvalue weighted by molar-refractivity contribution is 5.65. The molecule has 2 rings (SSSR count). The van der Waals surface area contributed by atoms with Gasteiger partial charge in [0.05, 0.1) is 0 Å². The minimum absolute atomic E-state index is 1.16. The summed E-state index contributed by atoms with van der Waals surface area (Å²) < 4.78 is 0. The van der Waals surface area contributed by atoms with E-state index in [0.29, 0.717) is 0 Å². The molecule has 0 unspecified atom stereocenters. The number of aryl methyl sites for hydroxylation is 1. The monoisotopic (exact) mass is 186 g/mol. The molecule has 0 bridgehead atoms. The Bertz CT molecular complexity index is 358. The molecule has 0 heterocycles. The first kappa shape index (κ1) is 9.51. The minimum atomic E-state index is 1.16. The minimum Gasteiger partial charge on any atom is -0.0652 e. The molecule has 1 aromatic rings. The van der Waals surface area contributed by atoms with Crippen molar-refractivity contribution in [2.24, 2.45) is 0 Å². The van der Waals surface area contributed by atoms with Gasteiger partial charge < -0.3 is 0 Å². The van der Waals surface area contributed by atoms with Crippen LogP contribution in [0.25, 0.3) is 6.08 Å². The fourth-order valence-corrected chi connectivity index (χ4v) is 2.32. The zero-order valence-corrected chi connectivity index (χ0v) is 9.14. The number of allylic oxidation sites excluding steroid dienone is 1. The van der Waals surface area contributed by atoms with Crippen LogP contribution >= 0.6 is 0 Å². The van der Waals surface area contributed by atoms with Gasteiger partial charge >= 0.3 is 0 Å². The Hall–Kier alpha value is -1.04. The molecule has 74 valence electrons. The Kier molecular flexibility index (Phi) is 2.72. The van der Waals surface area contributed by atoms with Crippen LogP contribution < -0.4 is 0 Å². The smallest absolute Gasteiger partial charge is 0.00551 e. The van der Waals surface area contributed by atoms with E-state index in [0.717, 1.165) is 6.42 Å². The highest BCUT2D eigenvalue weighted by atomic mass is 14.2. The molecule has 1 aliphatic rings. The lowest BCUT2D eigenvalue weighted by Gasteiger charge is -2.05. The van der Waals surface area contributed by atoms with Crippen LogP contribution in [0.1, 0.15) is 43.4 Å². The molecular weight excluding hydrogens is 168 g/mol. The second kappa shape index (κ2) is 4.00. The van der Waals surface area contributed by atoms with Gasteiger partial charge in [0, 0.05) is 0 Å². The molecule has 0 spiro atoms. The van der Waals surface area contributed by atoms with Crippen molar-refractivity contribution in [2.45, 2.75) is 39.5 Å². The average Bonchev–Trinajstić information content (AvgIpc) is 2.60. The van der Waals surface area contributed by atoms with Gasteiger partial charge in [-0.2, -0.15) is 0 Å². The van der Waals surface area contributed by atoms with Crippen LogP contribution in [-0.4, -0.2) is 0 Å². The van der Waals surface area contributed by atoms with Gasteiger partial charge in [-0.05, 0) is 36.0 Å². The molecule has 0 aromatic heterocycles. The maximum absolute atomic E-state index is 2.39. The number of fused-ring (bicyclic) bond motifs is 1. The van der Waals surface area contributed by atoms with E-state index in [4.69, 9.17) is 0 Å². The maximum Gasteiger partial charge on any atom is -0.00551 e. The number of benzene rings is 1. The highest BCUT2D eigenvalue weighted by Crippen LogP contribution is 2.30. The lowest BCUT2D eigenvalue weighted by atomic mass is 10.00. The first-order valence-electron chi connectivity index (χ1n) is 5.65. The van der Waals surface area contributed by atoms with E-state index in [9.17, 15) is 0 Å². The molecule has 0 radical (unpaired) electrons. The SMILES string of the molecule is CCCC1=Cc2cccc(CC)c2C1. The predicted octanol–water partition coefficient (Wildman–Crippen LogP) is 3.99. The molecule has 0 saturated carbocycles. The topological polar surface area (TPSA) is 0 Å².